The predicted octanol–water partition coefficient (Wildman–Crippen LogP) is 3.91. The lowest BCUT2D eigenvalue weighted by Gasteiger charge is -2.38. The Morgan fingerprint density at radius 1 is 1.26 bits per heavy atom. The van der Waals surface area contributed by atoms with E-state index in [9.17, 15) is 0 Å². The zero-order valence-electron chi connectivity index (χ0n) is 12.8. The first-order valence-electron chi connectivity index (χ1n) is 7.48. The molecule has 0 heterocycles. The van der Waals surface area contributed by atoms with Gasteiger partial charge in [-0.1, -0.05) is 43.5 Å². The van der Waals surface area contributed by atoms with Gasteiger partial charge in [0.15, 0.2) is 0 Å². The highest BCUT2D eigenvalue weighted by Crippen LogP contribution is 2.43. The minimum atomic E-state index is -0.0193. The Hall–Kier alpha value is -0.860. The van der Waals surface area contributed by atoms with E-state index in [4.69, 9.17) is 4.74 Å². The summed E-state index contributed by atoms with van der Waals surface area (Å²) in [5.74, 6) is 0. The number of nitrogens with one attached hydrogen (secondary N) is 1. The van der Waals surface area contributed by atoms with Crippen molar-refractivity contribution < 1.29 is 4.74 Å². The van der Waals surface area contributed by atoms with Crippen molar-refractivity contribution in [3.63, 3.8) is 0 Å². The normalized spacial score (nSPS) is 19.6. The molecular formula is C17H27NO. The van der Waals surface area contributed by atoms with E-state index in [-0.39, 0.29) is 5.60 Å². The molecule has 1 aromatic rings. The summed E-state index contributed by atoms with van der Waals surface area (Å²) in [6.07, 6.45) is 4.88. The molecule has 0 bridgehead atoms. The predicted molar refractivity (Wildman–Crippen MR) is 80.5 cm³/mol. The van der Waals surface area contributed by atoms with E-state index >= 15 is 0 Å². The number of likely N-dealkylation sites (N-methyl/N-ethyl adjacent to an activating group) is 1. The van der Waals surface area contributed by atoms with Gasteiger partial charge in [0.25, 0.3) is 0 Å². The maximum absolute atomic E-state index is 6.00. The lowest BCUT2D eigenvalue weighted by atomic mass is 9.84. The minimum Gasteiger partial charge on any atom is -0.376 e. The van der Waals surface area contributed by atoms with Crippen LogP contribution in [-0.2, 0) is 4.74 Å². The Labute approximate surface area is 117 Å². The molecule has 2 heteroatoms. The van der Waals surface area contributed by atoms with Crippen LogP contribution in [0.2, 0.25) is 0 Å². The molecule has 1 aromatic carbocycles. The van der Waals surface area contributed by atoms with E-state index in [0.717, 1.165) is 19.4 Å². The molecule has 0 radical (unpaired) electrons. The van der Waals surface area contributed by atoms with Crippen LogP contribution in [0.4, 0.5) is 0 Å². The molecule has 1 atom stereocenters. The van der Waals surface area contributed by atoms with Gasteiger partial charge in [-0.2, -0.15) is 0 Å². The third kappa shape index (κ3) is 2.85. The molecule has 1 N–H and O–H groups in total. The second kappa shape index (κ2) is 6.06. The van der Waals surface area contributed by atoms with Crippen LogP contribution in [0.3, 0.4) is 0 Å². The number of rotatable bonds is 5. The average Bonchev–Trinajstić information content (AvgIpc) is 2.89. The van der Waals surface area contributed by atoms with Crippen molar-refractivity contribution in [1.29, 1.82) is 0 Å². The molecule has 1 unspecified atom stereocenters. The van der Waals surface area contributed by atoms with Crippen LogP contribution in [0.1, 0.15) is 55.3 Å². The fraction of sp³-hybridized carbons (Fsp3) is 0.647. The summed E-state index contributed by atoms with van der Waals surface area (Å²) in [6.45, 7) is 7.52. The van der Waals surface area contributed by atoms with Gasteiger partial charge in [0.2, 0.25) is 0 Å². The van der Waals surface area contributed by atoms with E-state index in [1.807, 2.05) is 7.11 Å². The number of benzene rings is 1. The highest BCUT2D eigenvalue weighted by atomic mass is 16.5. The summed E-state index contributed by atoms with van der Waals surface area (Å²) < 4.78 is 6.00. The first-order valence-corrected chi connectivity index (χ1v) is 7.48. The van der Waals surface area contributed by atoms with Crippen LogP contribution < -0.4 is 5.32 Å². The number of aryl methyl sites for hydroxylation is 2. The van der Waals surface area contributed by atoms with Gasteiger partial charge in [0.05, 0.1) is 11.6 Å². The maximum Gasteiger partial charge on any atom is 0.0872 e. The second-order valence-corrected chi connectivity index (χ2v) is 5.83. The zero-order chi connectivity index (χ0) is 13.9. The van der Waals surface area contributed by atoms with E-state index in [1.54, 1.807) is 0 Å². The maximum atomic E-state index is 6.00. The highest BCUT2D eigenvalue weighted by Gasteiger charge is 2.42. The Morgan fingerprint density at radius 3 is 2.53 bits per heavy atom. The first-order chi connectivity index (χ1) is 9.13. The molecule has 2 rings (SSSR count). The standard InChI is InChI=1S/C17H27NO/c1-5-18-16(17(19-4)10-6-7-11-17)15-12-13(2)8-9-14(15)3/h8-9,12,16,18H,5-7,10-11H2,1-4H3. The van der Waals surface area contributed by atoms with Crippen LogP contribution in [0.15, 0.2) is 18.2 Å². The molecule has 1 fully saturated rings. The zero-order valence-corrected chi connectivity index (χ0v) is 12.8. The van der Waals surface area contributed by atoms with E-state index in [2.05, 4.69) is 44.3 Å². The van der Waals surface area contributed by atoms with Gasteiger partial charge in [-0.15, -0.1) is 0 Å². The van der Waals surface area contributed by atoms with E-state index < -0.39 is 0 Å². The van der Waals surface area contributed by atoms with Gasteiger partial charge >= 0.3 is 0 Å². The molecular weight excluding hydrogens is 234 g/mol. The van der Waals surface area contributed by atoms with Gasteiger partial charge in [-0.25, -0.2) is 0 Å². The summed E-state index contributed by atoms with van der Waals surface area (Å²) in [6, 6.07) is 7.05. The Bertz CT molecular complexity index is 421. The van der Waals surface area contributed by atoms with Crippen molar-refractivity contribution in [3.05, 3.63) is 34.9 Å². The molecule has 19 heavy (non-hydrogen) atoms. The topological polar surface area (TPSA) is 21.3 Å². The lowest BCUT2D eigenvalue weighted by Crippen LogP contribution is -2.44. The number of hydrogen-bond donors (Lipinski definition) is 1. The molecule has 1 saturated carbocycles. The largest absolute Gasteiger partial charge is 0.376 e. The Kier molecular flexibility index (Phi) is 4.64. The van der Waals surface area contributed by atoms with Gasteiger partial charge in [-0.05, 0) is 44.4 Å². The molecule has 1 aliphatic rings. The molecule has 0 saturated heterocycles. The van der Waals surface area contributed by atoms with Crippen molar-refractivity contribution in [2.45, 2.75) is 58.1 Å². The van der Waals surface area contributed by atoms with Crippen molar-refractivity contribution in [3.8, 4) is 0 Å². The molecule has 0 aliphatic heterocycles. The summed E-state index contributed by atoms with van der Waals surface area (Å²) in [5.41, 5.74) is 4.08. The third-order valence-corrected chi connectivity index (χ3v) is 4.54. The summed E-state index contributed by atoms with van der Waals surface area (Å²) in [4.78, 5) is 0. The van der Waals surface area contributed by atoms with Crippen LogP contribution in [-0.4, -0.2) is 19.3 Å². The van der Waals surface area contributed by atoms with Crippen molar-refractivity contribution >= 4 is 0 Å². The van der Waals surface area contributed by atoms with Gasteiger partial charge in [-0.3, -0.25) is 0 Å². The smallest absolute Gasteiger partial charge is 0.0872 e. The van der Waals surface area contributed by atoms with Crippen LogP contribution in [0, 0.1) is 13.8 Å². The lowest BCUT2D eigenvalue weighted by molar-refractivity contribution is -0.0365. The van der Waals surface area contributed by atoms with Crippen molar-refractivity contribution in [2.24, 2.45) is 0 Å². The molecule has 0 amide bonds. The quantitative estimate of drug-likeness (QED) is 0.867. The highest BCUT2D eigenvalue weighted by molar-refractivity contribution is 5.35. The fourth-order valence-corrected chi connectivity index (χ4v) is 3.44. The van der Waals surface area contributed by atoms with Gasteiger partial charge in [0, 0.05) is 7.11 Å². The van der Waals surface area contributed by atoms with E-state index in [1.165, 1.54) is 29.5 Å². The number of methoxy groups -OCH3 is 1. The van der Waals surface area contributed by atoms with Gasteiger partial charge in [0.1, 0.15) is 0 Å². The number of ether oxygens (including phenoxy) is 1. The molecule has 0 aromatic heterocycles. The minimum absolute atomic E-state index is 0.0193. The fourth-order valence-electron chi connectivity index (χ4n) is 3.44. The van der Waals surface area contributed by atoms with Crippen LogP contribution in [0.25, 0.3) is 0 Å². The Balaban J connectivity index is 2.41. The third-order valence-electron chi connectivity index (χ3n) is 4.54. The van der Waals surface area contributed by atoms with Crippen molar-refractivity contribution in [2.75, 3.05) is 13.7 Å². The monoisotopic (exact) mass is 261 g/mol. The SMILES string of the molecule is CCNC(c1cc(C)ccc1C)C1(OC)CCCC1. The number of hydrogen-bond acceptors (Lipinski definition) is 2. The summed E-state index contributed by atoms with van der Waals surface area (Å²) in [7, 11) is 1.88. The first kappa shape index (κ1) is 14.5. The van der Waals surface area contributed by atoms with Crippen LogP contribution in [0.5, 0.6) is 0 Å². The average molecular weight is 261 g/mol. The Morgan fingerprint density at radius 2 is 1.95 bits per heavy atom. The summed E-state index contributed by atoms with van der Waals surface area (Å²) in [5, 5.41) is 3.68. The molecule has 1 aliphatic carbocycles. The molecule has 0 spiro atoms. The van der Waals surface area contributed by atoms with E-state index in [0.29, 0.717) is 6.04 Å². The summed E-state index contributed by atoms with van der Waals surface area (Å²) >= 11 is 0. The van der Waals surface area contributed by atoms with Crippen LogP contribution >= 0.6 is 0 Å². The van der Waals surface area contributed by atoms with Gasteiger partial charge < -0.3 is 10.1 Å². The van der Waals surface area contributed by atoms with Crippen molar-refractivity contribution in [1.82, 2.24) is 5.32 Å². The molecule has 106 valence electrons. The second-order valence-electron chi connectivity index (χ2n) is 5.83. The molecule has 2 nitrogen and oxygen atoms in total.